The molecule has 5 aromatic rings. The molecule has 1 aliphatic rings. The molecule has 0 bridgehead atoms. The zero-order valence-corrected chi connectivity index (χ0v) is 20.9. The molecule has 0 aliphatic carbocycles. The monoisotopic (exact) mass is 528 g/mol. The number of amides is 1. The number of hydrogen-bond donors (Lipinski definition) is 0. The minimum atomic E-state index is -0.474. The van der Waals surface area contributed by atoms with E-state index in [-0.39, 0.29) is 16.3 Å². The molecule has 0 spiro atoms. The van der Waals surface area contributed by atoms with Crippen LogP contribution in [0.5, 0.6) is 5.75 Å². The average molecular weight is 529 g/mol. The Balaban J connectivity index is 1.47. The van der Waals surface area contributed by atoms with Crippen molar-refractivity contribution in [3.05, 3.63) is 104 Å². The molecule has 1 aliphatic heterocycles. The van der Waals surface area contributed by atoms with Crippen LogP contribution in [0.3, 0.4) is 0 Å². The second-order valence-corrected chi connectivity index (χ2v) is 9.78. The lowest BCUT2D eigenvalue weighted by Crippen LogP contribution is -2.32. The maximum absolute atomic E-state index is 13.7. The lowest BCUT2D eigenvalue weighted by molar-refractivity contribution is -0.131. The number of hydrogen-bond acceptors (Lipinski definition) is 7. The summed E-state index contributed by atoms with van der Waals surface area (Å²) in [5.41, 5.74) is 2.70. The highest BCUT2D eigenvalue weighted by atomic mass is 35.5. The third kappa shape index (κ3) is 3.98. The van der Waals surface area contributed by atoms with Gasteiger partial charge in [0.2, 0.25) is 4.96 Å². The smallest absolute Gasteiger partial charge is 0.308 e. The maximum atomic E-state index is 13.7. The van der Waals surface area contributed by atoms with Gasteiger partial charge in [-0.3, -0.25) is 14.4 Å². The zero-order valence-electron chi connectivity index (χ0n) is 19.3. The number of carbonyl (C=O) groups excluding carboxylic acids is 2. The van der Waals surface area contributed by atoms with Crippen molar-refractivity contribution in [2.24, 2.45) is 0 Å². The highest BCUT2D eigenvalue weighted by molar-refractivity contribution is 7.15. The molecule has 3 heterocycles. The number of thiazole rings is 1. The number of rotatable bonds is 4. The number of aromatic nitrogens is 3. The molecule has 8 nitrogen and oxygen atoms in total. The van der Waals surface area contributed by atoms with E-state index in [0.717, 1.165) is 22.6 Å². The van der Waals surface area contributed by atoms with Gasteiger partial charge in [0.25, 0.3) is 11.5 Å². The molecule has 0 saturated heterocycles. The molecular weight excluding hydrogens is 512 g/mol. The molecule has 0 unspecified atom stereocenters. The molecule has 10 heteroatoms. The second kappa shape index (κ2) is 8.95. The van der Waals surface area contributed by atoms with Gasteiger partial charge in [-0.05, 0) is 35.9 Å². The van der Waals surface area contributed by atoms with E-state index in [9.17, 15) is 14.4 Å². The number of esters is 1. The number of para-hydroxylation sites is 2. The van der Waals surface area contributed by atoms with Crippen molar-refractivity contribution in [3.8, 4) is 17.1 Å². The molecule has 6 rings (SSSR count). The van der Waals surface area contributed by atoms with Crippen LogP contribution in [0.15, 0.2) is 77.6 Å². The SMILES string of the molecule is CC(=O)Oc1ccccc1-c1nc2s/c(=C3\C(=O)N(Cc4ccc(Cl)cc4)c4ccccc43)c(=O)n2n1. The predicted molar refractivity (Wildman–Crippen MR) is 141 cm³/mol. The first-order valence-electron chi connectivity index (χ1n) is 11.3. The van der Waals surface area contributed by atoms with E-state index in [4.69, 9.17) is 16.3 Å². The van der Waals surface area contributed by atoms with E-state index in [1.54, 1.807) is 41.3 Å². The van der Waals surface area contributed by atoms with Crippen molar-refractivity contribution < 1.29 is 14.3 Å². The Morgan fingerprint density at radius 3 is 2.41 bits per heavy atom. The van der Waals surface area contributed by atoms with E-state index in [0.29, 0.717) is 39.0 Å². The zero-order chi connectivity index (χ0) is 25.7. The van der Waals surface area contributed by atoms with Crippen molar-refractivity contribution in [2.75, 3.05) is 4.90 Å². The minimum absolute atomic E-state index is 0.249. The highest BCUT2D eigenvalue weighted by Gasteiger charge is 2.34. The largest absolute Gasteiger partial charge is 0.426 e. The number of nitrogens with zero attached hydrogens (tertiary/aromatic N) is 4. The minimum Gasteiger partial charge on any atom is -0.426 e. The van der Waals surface area contributed by atoms with Gasteiger partial charge in [-0.15, -0.1) is 5.10 Å². The van der Waals surface area contributed by atoms with Crippen LogP contribution < -0.4 is 19.7 Å². The number of fused-ring (bicyclic) bond motifs is 2. The second-order valence-electron chi connectivity index (χ2n) is 8.37. The van der Waals surface area contributed by atoms with Crippen LogP contribution in [-0.4, -0.2) is 26.5 Å². The Morgan fingerprint density at radius 2 is 1.68 bits per heavy atom. The molecule has 0 N–H and O–H groups in total. The molecule has 37 heavy (non-hydrogen) atoms. The van der Waals surface area contributed by atoms with Gasteiger partial charge in [0, 0.05) is 17.5 Å². The van der Waals surface area contributed by atoms with E-state index in [1.165, 1.54) is 11.4 Å². The van der Waals surface area contributed by atoms with Crippen LogP contribution in [-0.2, 0) is 16.1 Å². The van der Waals surface area contributed by atoms with Gasteiger partial charge < -0.3 is 9.64 Å². The average Bonchev–Trinajstić information content (AvgIpc) is 3.51. The summed E-state index contributed by atoms with van der Waals surface area (Å²) >= 11 is 7.11. The van der Waals surface area contributed by atoms with Gasteiger partial charge in [0.1, 0.15) is 10.3 Å². The number of carbonyl (C=O) groups is 2. The summed E-state index contributed by atoms with van der Waals surface area (Å²) in [6.07, 6.45) is 0. The summed E-state index contributed by atoms with van der Waals surface area (Å²) in [6.45, 7) is 1.64. The summed E-state index contributed by atoms with van der Waals surface area (Å²) in [5, 5.41) is 5.00. The summed E-state index contributed by atoms with van der Waals surface area (Å²) in [6, 6.07) is 21.5. The van der Waals surface area contributed by atoms with Crippen molar-refractivity contribution in [3.63, 3.8) is 0 Å². The van der Waals surface area contributed by atoms with Gasteiger partial charge in [-0.2, -0.15) is 9.50 Å². The van der Waals surface area contributed by atoms with Crippen LogP contribution in [0.4, 0.5) is 5.69 Å². The third-order valence-electron chi connectivity index (χ3n) is 5.94. The third-order valence-corrected chi connectivity index (χ3v) is 7.22. The Morgan fingerprint density at radius 1 is 0.973 bits per heavy atom. The van der Waals surface area contributed by atoms with E-state index in [1.807, 2.05) is 36.4 Å². The number of anilines is 1. The van der Waals surface area contributed by atoms with Gasteiger partial charge in [-0.25, -0.2) is 0 Å². The predicted octanol–water partition coefficient (Wildman–Crippen LogP) is 3.86. The van der Waals surface area contributed by atoms with Crippen LogP contribution in [0.25, 0.3) is 21.9 Å². The fourth-order valence-corrected chi connectivity index (χ4v) is 5.45. The Bertz CT molecular complexity index is 1830. The first-order valence-corrected chi connectivity index (χ1v) is 12.5. The summed E-state index contributed by atoms with van der Waals surface area (Å²) < 4.78 is 6.72. The van der Waals surface area contributed by atoms with Gasteiger partial charge in [-0.1, -0.05) is 65.4 Å². The quantitative estimate of drug-likeness (QED) is 0.260. The lowest BCUT2D eigenvalue weighted by atomic mass is 10.1. The first-order chi connectivity index (χ1) is 17.9. The summed E-state index contributed by atoms with van der Waals surface area (Å²) in [5.74, 6) is -0.191. The van der Waals surface area contributed by atoms with Crippen molar-refractivity contribution in [2.45, 2.75) is 13.5 Å². The molecule has 0 fully saturated rings. The van der Waals surface area contributed by atoms with E-state index < -0.39 is 11.5 Å². The maximum Gasteiger partial charge on any atom is 0.308 e. The fraction of sp³-hybridized carbons (Fsp3) is 0.0741. The van der Waals surface area contributed by atoms with Crippen LogP contribution in [0.1, 0.15) is 18.1 Å². The molecule has 3 aromatic carbocycles. The summed E-state index contributed by atoms with van der Waals surface area (Å²) in [4.78, 5) is 45.1. The van der Waals surface area contributed by atoms with Gasteiger partial charge in [0.05, 0.1) is 23.4 Å². The van der Waals surface area contributed by atoms with Gasteiger partial charge >= 0.3 is 5.97 Å². The normalized spacial score (nSPS) is 14.3. The highest BCUT2D eigenvalue weighted by Crippen LogP contribution is 2.36. The molecular formula is C27H17ClN4O4S. The Kier molecular flexibility index (Phi) is 5.58. The van der Waals surface area contributed by atoms with Crippen molar-refractivity contribution in [1.82, 2.24) is 14.6 Å². The van der Waals surface area contributed by atoms with Crippen LogP contribution in [0, 0.1) is 0 Å². The van der Waals surface area contributed by atoms with Crippen molar-refractivity contribution in [1.29, 1.82) is 0 Å². The van der Waals surface area contributed by atoms with Crippen LogP contribution >= 0.6 is 22.9 Å². The molecule has 0 atom stereocenters. The van der Waals surface area contributed by atoms with Crippen molar-refractivity contribution >= 4 is 51.0 Å². The number of ether oxygens (including phenoxy) is 1. The van der Waals surface area contributed by atoms with E-state index in [2.05, 4.69) is 10.1 Å². The molecule has 182 valence electrons. The standard InChI is InChI=1S/C27H17ClN4O4S/c1-15(33)36-21-9-5-3-7-19(21)24-29-27-32(30-24)26(35)23(37-27)22-18-6-2-4-8-20(18)31(25(22)34)14-16-10-12-17(28)13-11-16/h2-13H,14H2,1H3/b23-22-. The molecule has 0 radical (unpaired) electrons. The number of halogens is 1. The Hall–Kier alpha value is -4.34. The van der Waals surface area contributed by atoms with Gasteiger partial charge in [0.15, 0.2) is 5.82 Å². The Labute approximate surface area is 219 Å². The lowest BCUT2D eigenvalue weighted by Gasteiger charge is -2.17. The summed E-state index contributed by atoms with van der Waals surface area (Å²) in [7, 11) is 0. The topological polar surface area (TPSA) is 93.9 Å². The number of benzene rings is 3. The molecule has 0 saturated carbocycles. The fourth-order valence-electron chi connectivity index (χ4n) is 4.32. The first kappa shape index (κ1) is 23.1. The molecule has 1 amide bonds. The van der Waals surface area contributed by atoms with Crippen LogP contribution in [0.2, 0.25) is 5.02 Å². The molecule has 2 aromatic heterocycles. The van der Waals surface area contributed by atoms with E-state index >= 15 is 0 Å².